The number of hydrogen-bond donors (Lipinski definition) is 1. The molecule has 3 heteroatoms. The topological polar surface area (TPSA) is 24.5 Å². The molecule has 1 N–H and O–H groups in total. The van der Waals surface area contributed by atoms with Gasteiger partial charge in [0, 0.05) is 19.1 Å². The Hall–Kier alpha value is -0.120. The summed E-state index contributed by atoms with van der Waals surface area (Å²) in [6.07, 6.45) is 1.52. The van der Waals surface area contributed by atoms with Crippen LogP contribution in [-0.4, -0.2) is 50.3 Å². The summed E-state index contributed by atoms with van der Waals surface area (Å²) >= 11 is 0. The molecule has 0 amide bonds. The zero-order chi connectivity index (χ0) is 9.68. The highest BCUT2D eigenvalue weighted by Gasteiger charge is 2.24. The molecule has 1 aliphatic rings. The van der Waals surface area contributed by atoms with Gasteiger partial charge in [0.2, 0.25) is 0 Å². The number of rotatable bonds is 4. The minimum atomic E-state index is 0.378. The Balaban J connectivity index is 2.37. The van der Waals surface area contributed by atoms with E-state index < -0.39 is 0 Å². The van der Waals surface area contributed by atoms with Gasteiger partial charge in [-0.15, -0.1) is 0 Å². The standard InChI is InChI=1S/C10H22N2O/c1-4-9(11-5-2)10-8-12(3)6-7-13-10/h9-11H,4-8H2,1-3H3. The number of nitrogens with zero attached hydrogens (tertiary/aromatic N) is 1. The third kappa shape index (κ3) is 3.25. The van der Waals surface area contributed by atoms with Crippen LogP contribution >= 0.6 is 0 Å². The van der Waals surface area contributed by atoms with Crippen LogP contribution in [0.1, 0.15) is 20.3 Å². The highest BCUT2D eigenvalue weighted by atomic mass is 16.5. The van der Waals surface area contributed by atoms with Crippen molar-refractivity contribution in [3.63, 3.8) is 0 Å². The Bertz CT molecular complexity index is 141. The molecule has 0 saturated carbocycles. The summed E-state index contributed by atoms with van der Waals surface area (Å²) in [6.45, 7) is 8.40. The lowest BCUT2D eigenvalue weighted by Crippen LogP contribution is -2.50. The van der Waals surface area contributed by atoms with E-state index in [0.29, 0.717) is 12.1 Å². The van der Waals surface area contributed by atoms with Crippen molar-refractivity contribution in [3.8, 4) is 0 Å². The SMILES string of the molecule is CCNC(CC)C1CN(C)CCO1. The summed E-state index contributed by atoms with van der Waals surface area (Å²) in [5.74, 6) is 0. The van der Waals surface area contributed by atoms with Crippen LogP contribution in [0, 0.1) is 0 Å². The van der Waals surface area contributed by atoms with Gasteiger partial charge in [0.05, 0.1) is 12.7 Å². The van der Waals surface area contributed by atoms with Crippen molar-refractivity contribution in [1.29, 1.82) is 0 Å². The third-order valence-corrected chi connectivity index (χ3v) is 2.65. The van der Waals surface area contributed by atoms with Gasteiger partial charge in [-0.05, 0) is 20.0 Å². The van der Waals surface area contributed by atoms with Crippen LogP contribution in [0.4, 0.5) is 0 Å². The van der Waals surface area contributed by atoms with Gasteiger partial charge >= 0.3 is 0 Å². The van der Waals surface area contributed by atoms with E-state index in [-0.39, 0.29) is 0 Å². The maximum atomic E-state index is 5.75. The molecule has 1 heterocycles. The van der Waals surface area contributed by atoms with E-state index in [1.807, 2.05) is 0 Å². The average Bonchev–Trinajstić information content (AvgIpc) is 2.14. The Morgan fingerprint density at radius 2 is 2.31 bits per heavy atom. The van der Waals surface area contributed by atoms with Gasteiger partial charge in [-0.1, -0.05) is 13.8 Å². The Labute approximate surface area is 81.4 Å². The molecule has 0 bridgehead atoms. The van der Waals surface area contributed by atoms with Gasteiger partial charge in [0.25, 0.3) is 0 Å². The number of hydrogen-bond acceptors (Lipinski definition) is 3. The highest BCUT2D eigenvalue weighted by molar-refractivity contribution is 4.80. The van der Waals surface area contributed by atoms with Crippen molar-refractivity contribution in [3.05, 3.63) is 0 Å². The molecule has 13 heavy (non-hydrogen) atoms. The second-order valence-corrected chi connectivity index (χ2v) is 3.74. The van der Waals surface area contributed by atoms with Crippen LogP contribution < -0.4 is 5.32 Å². The average molecular weight is 186 g/mol. The Kier molecular flexibility index (Phi) is 4.70. The molecule has 1 rings (SSSR count). The van der Waals surface area contributed by atoms with Crippen molar-refractivity contribution in [2.75, 3.05) is 33.3 Å². The molecule has 1 aliphatic heterocycles. The number of ether oxygens (including phenoxy) is 1. The van der Waals surface area contributed by atoms with E-state index in [1.54, 1.807) is 0 Å². The molecular weight excluding hydrogens is 164 g/mol. The van der Waals surface area contributed by atoms with E-state index >= 15 is 0 Å². The molecule has 2 unspecified atom stereocenters. The summed E-state index contributed by atoms with van der Waals surface area (Å²) in [7, 11) is 2.16. The second-order valence-electron chi connectivity index (χ2n) is 3.74. The van der Waals surface area contributed by atoms with Gasteiger partial charge in [-0.25, -0.2) is 0 Å². The fourth-order valence-corrected chi connectivity index (χ4v) is 1.86. The predicted molar refractivity (Wildman–Crippen MR) is 55.0 cm³/mol. The van der Waals surface area contributed by atoms with Crippen molar-refractivity contribution in [2.45, 2.75) is 32.4 Å². The second kappa shape index (κ2) is 5.58. The molecular formula is C10H22N2O. The lowest BCUT2D eigenvalue weighted by molar-refractivity contribution is -0.0388. The summed E-state index contributed by atoms with van der Waals surface area (Å²) in [6, 6.07) is 0.521. The first kappa shape index (κ1) is 11.0. The molecule has 3 nitrogen and oxygen atoms in total. The minimum Gasteiger partial charge on any atom is -0.374 e. The predicted octanol–water partition coefficient (Wildman–Crippen LogP) is 0.705. The fraction of sp³-hybridized carbons (Fsp3) is 1.00. The Morgan fingerprint density at radius 3 is 2.85 bits per heavy atom. The molecule has 0 radical (unpaired) electrons. The van der Waals surface area contributed by atoms with Crippen molar-refractivity contribution in [2.24, 2.45) is 0 Å². The first-order valence-corrected chi connectivity index (χ1v) is 5.31. The number of likely N-dealkylation sites (N-methyl/N-ethyl adjacent to an activating group) is 2. The summed E-state index contributed by atoms with van der Waals surface area (Å²) in [5.41, 5.74) is 0. The molecule has 1 fully saturated rings. The van der Waals surface area contributed by atoms with Crippen LogP contribution in [0.3, 0.4) is 0 Å². The first-order valence-electron chi connectivity index (χ1n) is 5.31. The van der Waals surface area contributed by atoms with Gasteiger partial charge in [-0.3, -0.25) is 0 Å². The van der Waals surface area contributed by atoms with Gasteiger partial charge in [0.1, 0.15) is 0 Å². The van der Waals surface area contributed by atoms with E-state index in [1.165, 1.54) is 0 Å². The summed E-state index contributed by atoms with van der Waals surface area (Å²) < 4.78 is 5.75. The van der Waals surface area contributed by atoms with E-state index in [9.17, 15) is 0 Å². The zero-order valence-electron chi connectivity index (χ0n) is 9.05. The van der Waals surface area contributed by atoms with Crippen LogP contribution in [0.15, 0.2) is 0 Å². The molecule has 1 saturated heterocycles. The monoisotopic (exact) mass is 186 g/mol. The van der Waals surface area contributed by atoms with E-state index in [2.05, 4.69) is 31.1 Å². The molecule has 0 aromatic carbocycles. The van der Waals surface area contributed by atoms with Crippen molar-refractivity contribution < 1.29 is 4.74 Å². The van der Waals surface area contributed by atoms with Crippen LogP contribution in [0.5, 0.6) is 0 Å². The number of nitrogens with one attached hydrogen (secondary N) is 1. The smallest absolute Gasteiger partial charge is 0.0855 e. The van der Waals surface area contributed by atoms with Gasteiger partial charge in [-0.2, -0.15) is 0 Å². The van der Waals surface area contributed by atoms with Crippen LogP contribution in [0.25, 0.3) is 0 Å². The summed E-state index contributed by atoms with van der Waals surface area (Å²) in [4.78, 5) is 2.34. The van der Waals surface area contributed by atoms with Crippen LogP contribution in [0.2, 0.25) is 0 Å². The molecule has 0 spiro atoms. The maximum Gasteiger partial charge on any atom is 0.0855 e. The van der Waals surface area contributed by atoms with Crippen LogP contribution in [-0.2, 0) is 4.74 Å². The molecule has 78 valence electrons. The highest BCUT2D eigenvalue weighted by Crippen LogP contribution is 2.09. The van der Waals surface area contributed by atoms with E-state index in [0.717, 1.165) is 32.7 Å². The van der Waals surface area contributed by atoms with E-state index in [4.69, 9.17) is 4.74 Å². The lowest BCUT2D eigenvalue weighted by Gasteiger charge is -2.35. The summed E-state index contributed by atoms with van der Waals surface area (Å²) in [5, 5.41) is 3.47. The molecule has 0 aliphatic carbocycles. The molecule has 2 atom stereocenters. The lowest BCUT2D eigenvalue weighted by atomic mass is 10.1. The largest absolute Gasteiger partial charge is 0.374 e. The fourth-order valence-electron chi connectivity index (χ4n) is 1.86. The number of morpholine rings is 1. The quantitative estimate of drug-likeness (QED) is 0.699. The molecule has 0 aromatic rings. The first-order chi connectivity index (χ1) is 6.27. The van der Waals surface area contributed by atoms with Gasteiger partial charge < -0.3 is 15.0 Å². The zero-order valence-corrected chi connectivity index (χ0v) is 9.05. The Morgan fingerprint density at radius 1 is 1.54 bits per heavy atom. The normalized spacial score (nSPS) is 27.5. The maximum absolute atomic E-state index is 5.75. The van der Waals surface area contributed by atoms with Gasteiger partial charge in [0.15, 0.2) is 0 Å². The third-order valence-electron chi connectivity index (χ3n) is 2.65. The van der Waals surface area contributed by atoms with Crippen molar-refractivity contribution in [1.82, 2.24) is 10.2 Å². The molecule has 0 aromatic heterocycles. The van der Waals surface area contributed by atoms with Crippen molar-refractivity contribution >= 4 is 0 Å². The minimum absolute atomic E-state index is 0.378.